The van der Waals surface area contributed by atoms with E-state index in [0.717, 1.165) is 33.8 Å². The van der Waals surface area contributed by atoms with Crippen molar-refractivity contribution >= 4 is 11.6 Å². The molecule has 8 heteroatoms. The van der Waals surface area contributed by atoms with Gasteiger partial charge in [-0.25, -0.2) is 9.97 Å². The van der Waals surface area contributed by atoms with Crippen molar-refractivity contribution in [1.29, 1.82) is 0 Å². The van der Waals surface area contributed by atoms with Crippen LogP contribution < -0.4 is 15.4 Å². The van der Waals surface area contributed by atoms with E-state index in [9.17, 15) is 4.79 Å². The van der Waals surface area contributed by atoms with Gasteiger partial charge in [-0.05, 0) is 42.5 Å². The molecule has 1 amide bonds. The molecule has 182 valence electrons. The molecular formula is C28H26N4O4. The number of rotatable bonds is 2. The second-order valence-electron chi connectivity index (χ2n) is 10.1. The summed E-state index contributed by atoms with van der Waals surface area (Å²) in [4.78, 5) is 22.5. The van der Waals surface area contributed by atoms with Gasteiger partial charge in [0.05, 0.1) is 5.69 Å². The maximum Gasteiger partial charge on any atom is 0.249 e. The van der Waals surface area contributed by atoms with E-state index in [2.05, 4.69) is 33.8 Å². The van der Waals surface area contributed by atoms with Gasteiger partial charge in [-0.1, -0.05) is 44.2 Å². The molecule has 2 unspecified atom stereocenters. The van der Waals surface area contributed by atoms with E-state index < -0.39 is 17.7 Å². The van der Waals surface area contributed by atoms with Crippen LogP contribution in [0.1, 0.15) is 60.3 Å². The molecule has 0 aliphatic carbocycles. The highest BCUT2D eigenvalue weighted by molar-refractivity contribution is 5.78. The quantitative estimate of drug-likeness (QED) is 0.420. The van der Waals surface area contributed by atoms with Crippen molar-refractivity contribution < 1.29 is 18.4 Å². The van der Waals surface area contributed by atoms with E-state index in [4.69, 9.17) is 18.6 Å². The number of amides is 1. The lowest BCUT2D eigenvalue weighted by Gasteiger charge is -2.27. The van der Waals surface area contributed by atoms with Crippen LogP contribution >= 0.6 is 0 Å². The summed E-state index contributed by atoms with van der Waals surface area (Å²) < 4.78 is 19.1. The lowest BCUT2D eigenvalue weighted by Crippen LogP contribution is -2.40. The van der Waals surface area contributed by atoms with Crippen LogP contribution in [0.3, 0.4) is 0 Å². The van der Waals surface area contributed by atoms with Crippen molar-refractivity contribution in [2.24, 2.45) is 5.92 Å². The molecule has 36 heavy (non-hydrogen) atoms. The summed E-state index contributed by atoms with van der Waals surface area (Å²) >= 11 is 0. The molecule has 5 heterocycles. The normalized spacial score (nSPS) is 23.7. The third kappa shape index (κ3) is 2.84. The fourth-order valence-electron chi connectivity index (χ4n) is 5.74. The smallest absolute Gasteiger partial charge is 0.249 e. The van der Waals surface area contributed by atoms with Crippen molar-refractivity contribution in [3.63, 3.8) is 0 Å². The first-order valence-corrected chi connectivity index (χ1v) is 12.3. The number of oxazole rings is 2. The number of nitrogens with zero attached hydrogens (tertiary/aromatic N) is 2. The Kier molecular flexibility index (Phi) is 4.40. The highest BCUT2D eigenvalue weighted by Crippen LogP contribution is 2.59. The second-order valence-corrected chi connectivity index (χ2v) is 10.1. The maximum absolute atomic E-state index is 12.9. The average Bonchev–Trinajstić information content (AvgIpc) is 3.61. The first kappa shape index (κ1) is 21.2. The number of aryl methyl sites for hydroxylation is 2. The topological polar surface area (TPSA) is 102 Å². The number of anilines is 1. The summed E-state index contributed by atoms with van der Waals surface area (Å²) in [6, 6.07) is 13.9. The van der Waals surface area contributed by atoms with Gasteiger partial charge in [-0.3, -0.25) is 4.79 Å². The van der Waals surface area contributed by atoms with Crippen LogP contribution in [-0.2, 0) is 16.6 Å². The molecule has 2 N–H and O–H groups in total. The zero-order chi connectivity index (χ0) is 24.6. The molecule has 7 rings (SSSR count). The van der Waals surface area contributed by atoms with E-state index in [1.807, 2.05) is 45.0 Å². The number of hydrogen-bond donors (Lipinski definition) is 2. The van der Waals surface area contributed by atoms with Crippen LogP contribution in [0, 0.1) is 12.8 Å². The standard InChI is InChI=1S/C28H26N4O4/c1-14(2)22-26-32-23(25-29-15(3)13-34-25)24(36-26)28-17-6-4-5-7-19(17)30-27(28)35-20-10-8-16(12-18(20)28)9-11-21(33)31-22/h4-8,10,12-14,22,27,30H,9,11H2,1-3H3,(H,31,33)/t22?,27?,28-/m0/s1. The number of aromatic nitrogens is 2. The van der Waals surface area contributed by atoms with Gasteiger partial charge in [0.15, 0.2) is 17.7 Å². The summed E-state index contributed by atoms with van der Waals surface area (Å²) in [6.07, 6.45) is 2.16. The molecule has 0 fully saturated rings. The van der Waals surface area contributed by atoms with Crippen LogP contribution in [0.15, 0.2) is 57.6 Å². The molecule has 3 atom stereocenters. The van der Waals surface area contributed by atoms with Gasteiger partial charge in [-0.15, -0.1) is 0 Å². The number of carbonyl (C=O) groups is 1. The molecule has 2 aromatic carbocycles. The Morgan fingerprint density at radius 3 is 2.72 bits per heavy atom. The number of benzene rings is 2. The van der Waals surface area contributed by atoms with Crippen LogP contribution in [0.2, 0.25) is 0 Å². The predicted molar refractivity (Wildman–Crippen MR) is 132 cm³/mol. The minimum absolute atomic E-state index is 0.0419. The number of hydrogen-bond acceptors (Lipinski definition) is 7. The molecule has 0 saturated heterocycles. The highest BCUT2D eigenvalue weighted by atomic mass is 16.5. The van der Waals surface area contributed by atoms with Crippen LogP contribution in [-0.4, -0.2) is 22.1 Å². The minimum Gasteiger partial charge on any atom is -0.469 e. The van der Waals surface area contributed by atoms with Crippen LogP contribution in [0.25, 0.3) is 11.6 Å². The Balaban J connectivity index is 1.59. The lowest BCUT2D eigenvalue weighted by atomic mass is 9.72. The van der Waals surface area contributed by atoms with E-state index >= 15 is 0 Å². The van der Waals surface area contributed by atoms with Gasteiger partial charge >= 0.3 is 0 Å². The fraction of sp³-hybridized carbons (Fsp3) is 0.321. The Bertz CT molecular complexity index is 1520. The number of para-hydroxylation sites is 1. The largest absolute Gasteiger partial charge is 0.469 e. The summed E-state index contributed by atoms with van der Waals surface area (Å²) in [6.45, 7) is 5.96. The van der Waals surface area contributed by atoms with Gasteiger partial charge in [-0.2, -0.15) is 0 Å². The Morgan fingerprint density at radius 1 is 1.06 bits per heavy atom. The molecule has 3 aliphatic rings. The van der Waals surface area contributed by atoms with E-state index in [-0.39, 0.29) is 11.8 Å². The second kappa shape index (κ2) is 7.46. The maximum atomic E-state index is 12.9. The van der Waals surface area contributed by atoms with E-state index in [0.29, 0.717) is 36.1 Å². The Morgan fingerprint density at radius 2 is 1.92 bits per heavy atom. The number of fused-ring (bicyclic) bond motifs is 4. The molecule has 2 aromatic heterocycles. The monoisotopic (exact) mass is 482 g/mol. The number of nitrogens with one attached hydrogen (secondary N) is 2. The zero-order valence-corrected chi connectivity index (χ0v) is 20.3. The predicted octanol–water partition coefficient (Wildman–Crippen LogP) is 4.88. The Hall–Kier alpha value is -4.07. The third-order valence-electron chi connectivity index (χ3n) is 7.46. The molecule has 0 saturated carbocycles. The SMILES string of the molecule is Cc1coc(-c2nc3oc2[C@@]24c5ccccc5NC2Oc2ccc(cc24)CCC(=O)NC3C(C)C)n1. The van der Waals surface area contributed by atoms with Crippen LogP contribution in [0.4, 0.5) is 5.69 Å². The van der Waals surface area contributed by atoms with Gasteiger partial charge in [0, 0.05) is 17.7 Å². The summed E-state index contributed by atoms with van der Waals surface area (Å²) in [7, 11) is 0. The number of carbonyl (C=O) groups excluding carboxylic acids is 1. The molecule has 4 aromatic rings. The van der Waals surface area contributed by atoms with Gasteiger partial charge in [0.25, 0.3) is 0 Å². The van der Waals surface area contributed by atoms with Crippen molar-refractivity contribution in [2.45, 2.75) is 51.3 Å². The molecule has 0 radical (unpaired) electrons. The average molecular weight is 483 g/mol. The fourth-order valence-corrected chi connectivity index (χ4v) is 5.74. The molecular weight excluding hydrogens is 456 g/mol. The van der Waals surface area contributed by atoms with E-state index in [1.54, 1.807) is 6.26 Å². The third-order valence-corrected chi connectivity index (χ3v) is 7.46. The van der Waals surface area contributed by atoms with Gasteiger partial charge in [0.2, 0.25) is 17.7 Å². The van der Waals surface area contributed by atoms with Gasteiger partial charge in [0.1, 0.15) is 23.5 Å². The van der Waals surface area contributed by atoms with Crippen molar-refractivity contribution in [3.8, 4) is 17.3 Å². The van der Waals surface area contributed by atoms with Crippen LogP contribution in [0.5, 0.6) is 5.75 Å². The van der Waals surface area contributed by atoms with Crippen molar-refractivity contribution in [2.75, 3.05) is 5.32 Å². The molecule has 8 nitrogen and oxygen atoms in total. The molecule has 3 aliphatic heterocycles. The highest BCUT2D eigenvalue weighted by Gasteiger charge is 2.61. The first-order valence-electron chi connectivity index (χ1n) is 12.3. The van der Waals surface area contributed by atoms with Crippen molar-refractivity contribution in [3.05, 3.63) is 82.8 Å². The first-order chi connectivity index (χ1) is 17.4. The summed E-state index contributed by atoms with van der Waals surface area (Å²) in [5.74, 6) is 2.20. The minimum atomic E-state index is -0.810. The number of ether oxygens (including phenoxy) is 1. The van der Waals surface area contributed by atoms with Gasteiger partial charge < -0.3 is 24.2 Å². The summed E-state index contributed by atoms with van der Waals surface area (Å²) in [5.41, 5.74) is 4.52. The Labute approximate surface area is 208 Å². The zero-order valence-electron chi connectivity index (χ0n) is 20.3. The van der Waals surface area contributed by atoms with Crippen molar-refractivity contribution in [1.82, 2.24) is 15.3 Å². The molecule has 4 bridgehead atoms. The lowest BCUT2D eigenvalue weighted by molar-refractivity contribution is -0.122. The van der Waals surface area contributed by atoms with E-state index in [1.165, 1.54) is 0 Å². The molecule has 1 spiro atoms. The summed E-state index contributed by atoms with van der Waals surface area (Å²) in [5, 5.41) is 6.72.